The average molecular weight is 588 g/mol. The van der Waals surface area contributed by atoms with Crippen molar-refractivity contribution in [1.29, 1.82) is 0 Å². The third-order valence-electron chi connectivity index (χ3n) is 4.40. The molecule has 19 heteroatoms. The molecule has 2 unspecified atom stereocenters. The molecular weight excluding hydrogens is 578 g/mol. The second-order valence-corrected chi connectivity index (χ2v) is 7.95. The van der Waals surface area contributed by atoms with E-state index in [1.54, 1.807) is 0 Å². The maximum Gasteiger partial charge on any atom is 0.509 e. The van der Waals surface area contributed by atoms with Gasteiger partial charge < -0.3 is 9.47 Å². The van der Waals surface area contributed by atoms with Crippen molar-refractivity contribution in [3.05, 3.63) is 85.9 Å². The summed E-state index contributed by atoms with van der Waals surface area (Å²) in [5.41, 5.74) is -4.16. The Morgan fingerprint density at radius 1 is 0.694 bits per heavy atom. The van der Waals surface area contributed by atoms with Gasteiger partial charge in [0, 0.05) is 12.1 Å². The molecule has 0 heterocycles. The number of non-ortho nitro benzene ring substituents is 2. The van der Waals surface area contributed by atoms with Gasteiger partial charge in [-0.05, 0) is 0 Å². The standard InChI is InChI=1S/C17H10Cl4N4O11/c18-5-13(15-9(20)1-7(22(27)28)3-11(15)24(31)32)35-17(26)36-14(6-19)16-10(21)2-8(23(29)30)4-12(16)25(33)34/h1-4,13-14H,5-6H2. The van der Waals surface area contributed by atoms with Crippen molar-refractivity contribution < 1.29 is 34.0 Å². The minimum absolute atomic E-state index is 0.485. The van der Waals surface area contributed by atoms with E-state index in [9.17, 15) is 45.3 Å². The van der Waals surface area contributed by atoms with Crippen LogP contribution in [0.5, 0.6) is 0 Å². The lowest BCUT2D eigenvalue weighted by Crippen LogP contribution is -2.20. The summed E-state index contributed by atoms with van der Waals surface area (Å²) in [5, 5.41) is 43.8. The first-order valence-corrected chi connectivity index (χ1v) is 10.9. The van der Waals surface area contributed by atoms with Gasteiger partial charge in [0.25, 0.3) is 22.7 Å². The second kappa shape index (κ2) is 11.9. The van der Waals surface area contributed by atoms with Crippen LogP contribution >= 0.6 is 46.4 Å². The Morgan fingerprint density at radius 3 is 1.28 bits per heavy atom. The predicted octanol–water partition coefficient (Wildman–Crippen LogP) is 6.04. The first-order chi connectivity index (χ1) is 16.8. The first kappa shape index (κ1) is 28.7. The molecule has 2 atom stereocenters. The molecule has 36 heavy (non-hydrogen) atoms. The Hall–Kier alpha value is -3.53. The molecule has 2 aromatic rings. The van der Waals surface area contributed by atoms with Gasteiger partial charge in [0.15, 0.2) is 12.2 Å². The summed E-state index contributed by atoms with van der Waals surface area (Å²) in [6.45, 7) is 0. The van der Waals surface area contributed by atoms with E-state index in [0.29, 0.717) is 12.1 Å². The van der Waals surface area contributed by atoms with E-state index in [0.717, 1.165) is 12.1 Å². The third kappa shape index (κ3) is 6.37. The molecule has 15 nitrogen and oxygen atoms in total. The van der Waals surface area contributed by atoms with E-state index in [2.05, 4.69) is 0 Å². The predicted molar refractivity (Wildman–Crippen MR) is 124 cm³/mol. The Morgan fingerprint density at radius 2 is 1.03 bits per heavy atom. The largest absolute Gasteiger partial charge is 0.509 e. The lowest BCUT2D eigenvalue weighted by atomic mass is 10.1. The summed E-state index contributed by atoms with van der Waals surface area (Å²) >= 11 is 23.5. The Balaban J connectivity index is 2.43. The summed E-state index contributed by atoms with van der Waals surface area (Å²) in [5.74, 6) is -1.26. The summed E-state index contributed by atoms with van der Waals surface area (Å²) < 4.78 is 9.96. The number of rotatable bonds is 10. The number of nitrogens with zero attached hydrogens (tertiary/aromatic N) is 4. The molecule has 0 bridgehead atoms. The van der Waals surface area contributed by atoms with E-state index >= 15 is 0 Å². The van der Waals surface area contributed by atoms with Gasteiger partial charge in [0.2, 0.25) is 0 Å². The van der Waals surface area contributed by atoms with Crippen molar-refractivity contribution in [2.75, 3.05) is 11.8 Å². The third-order valence-corrected chi connectivity index (χ3v) is 5.59. The fraction of sp³-hybridized carbons (Fsp3) is 0.235. The number of carbonyl (C=O) groups excluding carboxylic acids is 1. The Bertz CT molecular complexity index is 1170. The molecule has 2 rings (SSSR count). The van der Waals surface area contributed by atoms with Gasteiger partial charge in [0.1, 0.15) is 0 Å². The lowest BCUT2D eigenvalue weighted by Gasteiger charge is -2.20. The SMILES string of the molecule is O=C(OC(CCl)c1c(Cl)cc([N+](=O)[O-])cc1[N+](=O)[O-])OC(CCl)c1c(Cl)cc([N+](=O)[O-])cc1[N+](=O)[O-]. The van der Waals surface area contributed by atoms with E-state index in [1.165, 1.54) is 0 Å². The van der Waals surface area contributed by atoms with Crippen LogP contribution in [-0.4, -0.2) is 37.6 Å². The van der Waals surface area contributed by atoms with E-state index in [4.69, 9.17) is 55.9 Å². The van der Waals surface area contributed by atoms with Gasteiger partial charge in [-0.3, -0.25) is 40.5 Å². The number of benzene rings is 2. The van der Waals surface area contributed by atoms with Crippen LogP contribution < -0.4 is 0 Å². The van der Waals surface area contributed by atoms with Crippen molar-refractivity contribution in [3.63, 3.8) is 0 Å². The van der Waals surface area contributed by atoms with E-state index < -0.39 is 93.7 Å². The van der Waals surface area contributed by atoms with Crippen LogP contribution in [-0.2, 0) is 9.47 Å². The minimum Gasteiger partial charge on any atom is -0.424 e. The van der Waals surface area contributed by atoms with Crippen LogP contribution in [0, 0.1) is 40.5 Å². The molecule has 0 saturated heterocycles. The maximum absolute atomic E-state index is 12.5. The van der Waals surface area contributed by atoms with Gasteiger partial charge in [-0.25, -0.2) is 4.79 Å². The van der Waals surface area contributed by atoms with Crippen LogP contribution in [0.3, 0.4) is 0 Å². The fourth-order valence-corrected chi connectivity index (χ4v) is 4.02. The van der Waals surface area contributed by atoms with Crippen molar-refractivity contribution in [2.24, 2.45) is 0 Å². The van der Waals surface area contributed by atoms with Crippen molar-refractivity contribution in [2.45, 2.75) is 12.2 Å². The number of alkyl halides is 2. The maximum atomic E-state index is 12.5. The molecule has 0 aliphatic rings. The van der Waals surface area contributed by atoms with E-state index in [1.807, 2.05) is 0 Å². The molecule has 192 valence electrons. The van der Waals surface area contributed by atoms with Crippen LogP contribution in [0.2, 0.25) is 10.0 Å². The summed E-state index contributed by atoms with van der Waals surface area (Å²) in [7, 11) is 0. The van der Waals surface area contributed by atoms with Crippen LogP contribution in [0.1, 0.15) is 23.3 Å². The number of nitro benzene ring substituents is 4. The summed E-state index contributed by atoms with van der Waals surface area (Å²) in [6.07, 6.45) is -4.91. The van der Waals surface area contributed by atoms with Crippen molar-refractivity contribution in [1.82, 2.24) is 0 Å². The number of halogens is 4. The highest BCUT2D eigenvalue weighted by Crippen LogP contribution is 2.40. The highest BCUT2D eigenvalue weighted by molar-refractivity contribution is 6.32. The molecule has 0 fully saturated rings. The quantitative estimate of drug-likeness (QED) is 0.135. The first-order valence-electron chi connectivity index (χ1n) is 9.05. The molecule has 0 aliphatic carbocycles. The molecule has 0 saturated carbocycles. The number of ether oxygens (including phenoxy) is 2. The molecule has 0 amide bonds. The molecule has 0 aromatic heterocycles. The highest BCUT2D eigenvalue weighted by Gasteiger charge is 2.35. The molecule has 0 radical (unpaired) electrons. The summed E-state index contributed by atoms with van der Waals surface area (Å²) in [4.78, 5) is 53.4. The molecule has 0 spiro atoms. The smallest absolute Gasteiger partial charge is 0.424 e. The second-order valence-electron chi connectivity index (χ2n) is 6.52. The monoisotopic (exact) mass is 586 g/mol. The number of nitro groups is 4. The minimum atomic E-state index is -1.66. The van der Waals surface area contributed by atoms with Gasteiger partial charge in [-0.1, -0.05) is 23.2 Å². The molecule has 0 N–H and O–H groups in total. The van der Waals surface area contributed by atoms with E-state index in [-0.39, 0.29) is 0 Å². The molecule has 2 aromatic carbocycles. The van der Waals surface area contributed by atoms with Gasteiger partial charge in [-0.2, -0.15) is 0 Å². The number of hydrogen-bond acceptors (Lipinski definition) is 11. The highest BCUT2D eigenvalue weighted by atomic mass is 35.5. The average Bonchev–Trinajstić information content (AvgIpc) is 2.80. The number of carbonyl (C=O) groups is 1. The zero-order valence-electron chi connectivity index (χ0n) is 17.2. The number of hydrogen-bond donors (Lipinski definition) is 0. The Kier molecular flexibility index (Phi) is 9.52. The van der Waals surface area contributed by atoms with Crippen LogP contribution in [0.4, 0.5) is 27.5 Å². The Labute approximate surface area is 219 Å². The zero-order valence-corrected chi connectivity index (χ0v) is 20.2. The normalized spacial score (nSPS) is 12.3. The summed E-state index contributed by atoms with van der Waals surface area (Å²) in [6, 6.07) is 2.72. The van der Waals surface area contributed by atoms with Crippen LogP contribution in [0.25, 0.3) is 0 Å². The zero-order chi connectivity index (χ0) is 27.3. The lowest BCUT2D eigenvalue weighted by molar-refractivity contribution is -0.395. The fourth-order valence-electron chi connectivity index (χ4n) is 2.92. The molecule has 0 aliphatic heterocycles. The topological polar surface area (TPSA) is 208 Å². The van der Waals surface area contributed by atoms with Gasteiger partial charge in [-0.15, -0.1) is 23.2 Å². The van der Waals surface area contributed by atoms with Crippen LogP contribution in [0.15, 0.2) is 24.3 Å². The van der Waals surface area contributed by atoms with Crippen molar-refractivity contribution >= 4 is 75.3 Å². The van der Waals surface area contributed by atoms with Gasteiger partial charge >= 0.3 is 6.16 Å². The molecular formula is C17H10Cl4N4O11. The van der Waals surface area contributed by atoms with Crippen molar-refractivity contribution in [3.8, 4) is 0 Å². The van der Waals surface area contributed by atoms with Gasteiger partial charge in [0.05, 0.1) is 64.8 Å².